The van der Waals surface area contributed by atoms with Crippen molar-refractivity contribution in [3.8, 4) is 0 Å². The molecule has 7 N–H and O–H groups in total. The van der Waals surface area contributed by atoms with Crippen LogP contribution in [-0.2, 0) is 30.1 Å². The number of anilines is 1. The van der Waals surface area contributed by atoms with Crippen LogP contribution in [0.4, 0.5) is 5.95 Å². The summed E-state index contributed by atoms with van der Waals surface area (Å²) >= 11 is 0. The van der Waals surface area contributed by atoms with Crippen molar-refractivity contribution in [2.24, 2.45) is 5.14 Å². The highest BCUT2D eigenvalue weighted by molar-refractivity contribution is 7.82. The van der Waals surface area contributed by atoms with Crippen LogP contribution in [0.1, 0.15) is 27.0 Å². The van der Waals surface area contributed by atoms with Crippen LogP contribution in [0.25, 0.3) is 11.2 Å². The van der Waals surface area contributed by atoms with Gasteiger partial charge in [-0.3, -0.25) is 19.0 Å². The van der Waals surface area contributed by atoms with E-state index in [1.54, 1.807) is 0 Å². The highest BCUT2D eigenvalue weighted by Gasteiger charge is 2.73. The number of Topliss-reactive ketones (excluding diaryl/α,β-unsaturated/α-hetero) is 3. The number of imidazole rings is 1. The topological polar surface area (TPSA) is 234 Å². The summed E-state index contributed by atoms with van der Waals surface area (Å²) in [5.74, 6) is -3.52. The first kappa shape index (κ1) is 23.0. The number of carbonyl (C=O) groups is 3. The number of hydrogen-bond acceptors (Lipinski definition) is 12. The lowest BCUT2D eigenvalue weighted by atomic mass is 9.73. The average molecular weight is 456 g/mol. The van der Waals surface area contributed by atoms with Crippen molar-refractivity contribution >= 4 is 45.4 Å². The first-order valence-corrected chi connectivity index (χ1v) is 9.96. The third kappa shape index (κ3) is 3.08. The summed E-state index contributed by atoms with van der Waals surface area (Å²) in [6.45, 7) is 2.72. The zero-order chi connectivity index (χ0) is 23.5. The fraction of sp³-hybridized carbons (Fsp3) is 0.500. The molecule has 168 valence electrons. The summed E-state index contributed by atoms with van der Waals surface area (Å²) in [5, 5.41) is 37.9. The van der Waals surface area contributed by atoms with Crippen molar-refractivity contribution < 1.29 is 38.6 Å². The lowest BCUT2D eigenvalue weighted by Gasteiger charge is -2.37. The Morgan fingerprint density at radius 1 is 1.19 bits per heavy atom. The number of aliphatic hydroxyl groups is 3. The van der Waals surface area contributed by atoms with Gasteiger partial charge in [-0.25, -0.2) is 19.3 Å². The number of nitrogen functional groups attached to an aromatic ring is 1. The Balaban J connectivity index is 2.33. The molecule has 0 aromatic carbocycles. The van der Waals surface area contributed by atoms with Gasteiger partial charge in [-0.15, -0.1) is 0 Å². The molecule has 0 saturated carbocycles. The number of aromatic nitrogens is 4. The molecule has 0 amide bonds. The van der Waals surface area contributed by atoms with Crippen LogP contribution in [0.3, 0.4) is 0 Å². The van der Waals surface area contributed by atoms with Crippen molar-refractivity contribution in [2.45, 2.75) is 55.4 Å². The maximum atomic E-state index is 12.5. The maximum absolute atomic E-state index is 12.5. The maximum Gasteiger partial charge on any atom is 0.223 e. The Labute approximate surface area is 176 Å². The monoisotopic (exact) mass is 456 g/mol. The molecule has 0 aliphatic carbocycles. The van der Waals surface area contributed by atoms with Crippen LogP contribution in [0.2, 0.25) is 0 Å². The lowest BCUT2D eigenvalue weighted by Crippen LogP contribution is -2.67. The predicted molar refractivity (Wildman–Crippen MR) is 102 cm³/mol. The summed E-state index contributed by atoms with van der Waals surface area (Å²) in [5.41, 5.74) is -0.684. The molecule has 3 rings (SSSR count). The van der Waals surface area contributed by atoms with Crippen molar-refractivity contribution in [1.82, 2.24) is 19.5 Å². The average Bonchev–Trinajstić information content (AvgIpc) is 3.18. The summed E-state index contributed by atoms with van der Waals surface area (Å²) in [6.07, 6.45) is -4.97. The number of rotatable bonds is 6. The molecule has 0 radical (unpaired) electrons. The molecule has 1 fully saturated rings. The first-order chi connectivity index (χ1) is 14.3. The molecular weight excluding hydrogens is 436 g/mol. The second-order valence-electron chi connectivity index (χ2n) is 7.12. The van der Waals surface area contributed by atoms with Gasteiger partial charge in [-0.2, -0.15) is 4.98 Å². The Hall–Kier alpha value is -2.69. The summed E-state index contributed by atoms with van der Waals surface area (Å²) < 4.78 is 18.3. The SMILES string of the molecule is CC(=O)C(O)[C@H]1O[C@@H](n2cnc3c(S(N)=O)nc(N)nc32)[C@@](O)(C(C)=O)[C@@]1(O)C(C)=O. The molecule has 14 nitrogen and oxygen atoms in total. The third-order valence-corrected chi connectivity index (χ3v) is 5.92. The predicted octanol–water partition coefficient (Wildman–Crippen LogP) is -3.12. The largest absolute Gasteiger partial charge is 0.382 e. The number of ketones is 3. The van der Waals surface area contributed by atoms with E-state index in [9.17, 15) is 33.9 Å². The number of ether oxygens (including phenoxy) is 1. The second-order valence-corrected chi connectivity index (χ2v) is 8.10. The van der Waals surface area contributed by atoms with Gasteiger partial charge in [0.1, 0.15) is 28.7 Å². The minimum atomic E-state index is -3.01. The van der Waals surface area contributed by atoms with Crippen molar-refractivity contribution in [3.63, 3.8) is 0 Å². The molecule has 1 saturated heterocycles. The minimum absolute atomic E-state index is 0.119. The minimum Gasteiger partial charge on any atom is -0.382 e. The highest BCUT2D eigenvalue weighted by Crippen LogP contribution is 2.48. The van der Waals surface area contributed by atoms with Gasteiger partial charge < -0.3 is 25.8 Å². The number of nitrogens with zero attached hydrogens (tertiary/aromatic N) is 4. The molecule has 1 aliphatic heterocycles. The molecule has 0 bridgehead atoms. The summed E-state index contributed by atoms with van der Waals surface area (Å²) in [4.78, 5) is 48.3. The quantitative estimate of drug-likeness (QED) is 0.271. The Bertz CT molecular complexity index is 1140. The highest BCUT2D eigenvalue weighted by atomic mass is 32.2. The second kappa shape index (κ2) is 7.47. The van der Waals surface area contributed by atoms with Gasteiger partial charge in [-0.1, -0.05) is 0 Å². The van der Waals surface area contributed by atoms with Crippen LogP contribution >= 0.6 is 0 Å². The smallest absolute Gasteiger partial charge is 0.223 e. The zero-order valence-electron chi connectivity index (χ0n) is 16.5. The molecule has 15 heteroatoms. The van der Waals surface area contributed by atoms with E-state index in [-0.39, 0.29) is 22.1 Å². The molecule has 6 atom stereocenters. The third-order valence-electron chi connectivity index (χ3n) is 5.25. The summed E-state index contributed by atoms with van der Waals surface area (Å²) in [6, 6.07) is 0. The van der Waals surface area contributed by atoms with Gasteiger partial charge in [0.2, 0.25) is 11.5 Å². The lowest BCUT2D eigenvalue weighted by molar-refractivity contribution is -0.184. The van der Waals surface area contributed by atoms with Gasteiger partial charge in [0.15, 0.2) is 39.9 Å². The molecule has 2 aromatic heterocycles. The van der Waals surface area contributed by atoms with Crippen LogP contribution in [-0.4, -0.2) is 79.8 Å². The van der Waals surface area contributed by atoms with E-state index in [0.29, 0.717) is 0 Å². The molecule has 31 heavy (non-hydrogen) atoms. The van der Waals surface area contributed by atoms with E-state index in [2.05, 4.69) is 15.0 Å². The Morgan fingerprint density at radius 2 is 1.77 bits per heavy atom. The van der Waals surface area contributed by atoms with E-state index >= 15 is 0 Å². The van der Waals surface area contributed by atoms with E-state index in [1.165, 1.54) is 0 Å². The normalized spacial score (nSPS) is 30.3. The van der Waals surface area contributed by atoms with Crippen LogP contribution in [0.15, 0.2) is 11.4 Å². The fourth-order valence-corrected chi connectivity index (χ4v) is 4.17. The number of aliphatic hydroxyl groups excluding tert-OH is 1. The number of nitrogens with two attached hydrogens (primary N) is 2. The molecule has 0 spiro atoms. The fourth-order valence-electron chi connectivity index (χ4n) is 3.65. The van der Waals surface area contributed by atoms with Gasteiger partial charge in [-0.05, 0) is 20.8 Å². The van der Waals surface area contributed by atoms with E-state index in [1.807, 2.05) is 0 Å². The van der Waals surface area contributed by atoms with Crippen molar-refractivity contribution in [2.75, 3.05) is 5.73 Å². The van der Waals surface area contributed by atoms with E-state index in [4.69, 9.17) is 15.6 Å². The first-order valence-electron chi connectivity index (χ1n) is 8.75. The van der Waals surface area contributed by atoms with E-state index < -0.39 is 58.0 Å². The Morgan fingerprint density at radius 3 is 2.26 bits per heavy atom. The van der Waals surface area contributed by atoms with Gasteiger partial charge in [0, 0.05) is 0 Å². The molecule has 1 aliphatic rings. The zero-order valence-corrected chi connectivity index (χ0v) is 17.4. The standard InChI is InChI=1S/C16H20N6O8S/c1-5(23)9(26)10-15(27,6(2)24)16(28,7(3)25)13(30-10)22-4-19-8-11(22)20-14(17)21-12(8)31(18)29/h4,9-10,13,26-28H,18H2,1-3H3,(H2,17,20,21)/t9?,10-,13-,15-,16+,31?/m1/s1. The van der Waals surface area contributed by atoms with Gasteiger partial charge >= 0.3 is 0 Å². The molecule has 3 heterocycles. The molecule has 2 unspecified atom stereocenters. The van der Waals surface area contributed by atoms with Crippen molar-refractivity contribution in [1.29, 1.82) is 0 Å². The molecular formula is C16H20N6O8S. The van der Waals surface area contributed by atoms with Crippen LogP contribution < -0.4 is 10.9 Å². The number of carbonyl (C=O) groups excluding carboxylic acids is 3. The summed E-state index contributed by atoms with van der Waals surface area (Å²) in [7, 11) is -2.14. The number of fused-ring (bicyclic) bond motifs is 1. The van der Waals surface area contributed by atoms with Crippen LogP contribution in [0, 0.1) is 0 Å². The van der Waals surface area contributed by atoms with Crippen molar-refractivity contribution in [3.05, 3.63) is 6.33 Å². The van der Waals surface area contributed by atoms with Gasteiger partial charge in [0.25, 0.3) is 0 Å². The Kier molecular flexibility index (Phi) is 5.54. The van der Waals surface area contributed by atoms with Crippen LogP contribution in [0.5, 0.6) is 0 Å². The number of hydrogen-bond donors (Lipinski definition) is 5. The van der Waals surface area contributed by atoms with Gasteiger partial charge in [0.05, 0.1) is 6.33 Å². The van der Waals surface area contributed by atoms with E-state index in [0.717, 1.165) is 31.7 Å². The molecule has 2 aromatic rings.